The Morgan fingerprint density at radius 1 is 1.17 bits per heavy atom. The fraction of sp³-hybridized carbons (Fsp3) is 0.381. The number of rotatable bonds is 9. The molecule has 0 saturated heterocycles. The van der Waals surface area contributed by atoms with Crippen LogP contribution < -0.4 is 19.1 Å². The number of methoxy groups -OCH3 is 1. The van der Waals surface area contributed by atoms with Crippen molar-refractivity contribution in [3.63, 3.8) is 0 Å². The van der Waals surface area contributed by atoms with E-state index in [-0.39, 0.29) is 23.9 Å². The van der Waals surface area contributed by atoms with E-state index >= 15 is 0 Å². The van der Waals surface area contributed by atoms with E-state index in [0.717, 1.165) is 27.4 Å². The molecule has 0 heterocycles. The number of hydrogen-bond acceptors (Lipinski definition) is 5. The Balaban J connectivity index is 2.04. The number of nitrogens with zero attached hydrogens (tertiary/aromatic N) is 1. The third-order valence-electron chi connectivity index (χ3n) is 4.47. The molecule has 0 bridgehead atoms. The summed E-state index contributed by atoms with van der Waals surface area (Å²) >= 11 is 6.13. The van der Waals surface area contributed by atoms with Gasteiger partial charge in [-0.3, -0.25) is 9.10 Å². The summed E-state index contributed by atoms with van der Waals surface area (Å²) in [7, 11) is -2.28. The first-order valence-electron chi connectivity index (χ1n) is 9.35. The molecule has 30 heavy (non-hydrogen) atoms. The highest BCUT2D eigenvalue weighted by Gasteiger charge is 2.29. The maximum atomic E-state index is 12.6. The molecule has 164 valence electrons. The molecule has 0 aliphatic heterocycles. The van der Waals surface area contributed by atoms with Gasteiger partial charge in [0.25, 0.3) is 0 Å². The smallest absolute Gasteiger partial charge is 0.243 e. The van der Waals surface area contributed by atoms with Crippen molar-refractivity contribution >= 4 is 33.2 Å². The lowest BCUT2D eigenvalue weighted by Crippen LogP contribution is -2.48. The van der Waals surface area contributed by atoms with E-state index in [9.17, 15) is 13.2 Å². The van der Waals surface area contributed by atoms with Gasteiger partial charge in [-0.25, -0.2) is 8.42 Å². The summed E-state index contributed by atoms with van der Waals surface area (Å²) in [4.78, 5) is 12.6. The molecule has 0 radical (unpaired) electrons. The maximum absolute atomic E-state index is 12.6. The van der Waals surface area contributed by atoms with E-state index in [1.165, 1.54) is 20.1 Å². The average Bonchev–Trinajstić information content (AvgIpc) is 2.65. The molecule has 0 saturated carbocycles. The molecule has 0 fully saturated rings. The normalized spacial score (nSPS) is 12.2. The Morgan fingerprint density at radius 3 is 2.40 bits per heavy atom. The molecule has 9 heteroatoms. The van der Waals surface area contributed by atoms with Crippen LogP contribution in [0.15, 0.2) is 36.4 Å². The number of amides is 1. The topological polar surface area (TPSA) is 84.9 Å². The van der Waals surface area contributed by atoms with Gasteiger partial charge in [-0.15, -0.1) is 0 Å². The van der Waals surface area contributed by atoms with Crippen LogP contribution in [-0.2, 0) is 14.8 Å². The highest BCUT2D eigenvalue weighted by Crippen LogP contribution is 2.31. The van der Waals surface area contributed by atoms with Gasteiger partial charge >= 0.3 is 0 Å². The van der Waals surface area contributed by atoms with Crippen molar-refractivity contribution in [3.05, 3.63) is 52.5 Å². The summed E-state index contributed by atoms with van der Waals surface area (Å²) in [6.07, 6.45) is 1.04. The Labute approximate surface area is 183 Å². The van der Waals surface area contributed by atoms with Crippen LogP contribution in [0.25, 0.3) is 0 Å². The van der Waals surface area contributed by atoms with Crippen LogP contribution >= 0.6 is 11.6 Å². The molecule has 0 aliphatic rings. The largest absolute Gasteiger partial charge is 0.495 e. The molecule has 1 N–H and O–H groups in total. The van der Waals surface area contributed by atoms with Gasteiger partial charge in [0, 0.05) is 0 Å². The molecule has 0 aliphatic carbocycles. The minimum atomic E-state index is -3.74. The van der Waals surface area contributed by atoms with Gasteiger partial charge in [-0.2, -0.15) is 0 Å². The fourth-order valence-electron chi connectivity index (χ4n) is 3.05. The molecule has 2 aromatic carbocycles. The van der Waals surface area contributed by atoms with Crippen LogP contribution in [0.2, 0.25) is 5.02 Å². The second-order valence-electron chi connectivity index (χ2n) is 6.96. The summed E-state index contributed by atoms with van der Waals surface area (Å²) in [5, 5.41) is 2.96. The number of benzene rings is 2. The molecule has 1 atom stereocenters. The first-order valence-corrected chi connectivity index (χ1v) is 11.6. The van der Waals surface area contributed by atoms with Crippen LogP contribution in [-0.4, -0.2) is 46.9 Å². The second-order valence-corrected chi connectivity index (χ2v) is 9.23. The number of carbonyl (C=O) groups excluding carboxylic acids is 1. The third kappa shape index (κ3) is 6.03. The molecule has 0 unspecified atom stereocenters. The van der Waals surface area contributed by atoms with E-state index < -0.39 is 22.0 Å². The number of halogens is 1. The van der Waals surface area contributed by atoms with Gasteiger partial charge in [0.15, 0.2) is 0 Å². The lowest BCUT2D eigenvalue weighted by atomic mass is 10.1. The lowest BCUT2D eigenvalue weighted by molar-refractivity contribution is -0.121. The quantitative estimate of drug-likeness (QED) is 0.587. The van der Waals surface area contributed by atoms with Crippen LogP contribution in [0.5, 0.6) is 11.5 Å². The predicted molar refractivity (Wildman–Crippen MR) is 119 cm³/mol. The molecular formula is C21H27ClN2O5S. The molecule has 7 nitrogen and oxygen atoms in total. The van der Waals surface area contributed by atoms with Crippen LogP contribution in [0, 0.1) is 13.8 Å². The number of aryl methyl sites for hydroxylation is 2. The van der Waals surface area contributed by atoms with Crippen molar-refractivity contribution in [2.24, 2.45) is 0 Å². The van der Waals surface area contributed by atoms with Crippen molar-refractivity contribution in [2.75, 3.05) is 30.8 Å². The first-order chi connectivity index (χ1) is 14.0. The van der Waals surface area contributed by atoms with Crippen LogP contribution in [0.4, 0.5) is 5.69 Å². The van der Waals surface area contributed by atoms with Gasteiger partial charge in [0.1, 0.15) is 24.1 Å². The standard InChI is InChI=1S/C21H27ClN2O5S/c1-14-6-8-19(15(2)12-14)29-11-10-23-21(25)16(3)24(30(5,26)27)17-7-9-20(28-4)18(22)13-17/h6-9,12-13,16H,10-11H2,1-5H3,(H,23,25)/t16-/m1/s1. The van der Waals surface area contributed by atoms with Gasteiger partial charge in [-0.1, -0.05) is 29.3 Å². The molecule has 0 spiro atoms. The maximum Gasteiger partial charge on any atom is 0.243 e. The first kappa shape index (κ1) is 23.8. The third-order valence-corrected chi connectivity index (χ3v) is 6.00. The number of ether oxygens (including phenoxy) is 2. The second kappa shape index (κ2) is 10.0. The minimum Gasteiger partial charge on any atom is -0.495 e. The predicted octanol–water partition coefficient (Wildman–Crippen LogP) is 3.32. The Bertz CT molecular complexity index is 1010. The lowest BCUT2D eigenvalue weighted by Gasteiger charge is -2.28. The van der Waals surface area contributed by atoms with E-state index in [0.29, 0.717) is 5.75 Å². The zero-order chi connectivity index (χ0) is 22.5. The van der Waals surface area contributed by atoms with Gasteiger partial charge in [-0.05, 0) is 50.6 Å². The van der Waals surface area contributed by atoms with Crippen LogP contribution in [0.1, 0.15) is 18.1 Å². The molecule has 0 aromatic heterocycles. The monoisotopic (exact) mass is 454 g/mol. The zero-order valence-electron chi connectivity index (χ0n) is 17.7. The SMILES string of the molecule is COc1ccc(N([C@H](C)C(=O)NCCOc2ccc(C)cc2C)S(C)(=O)=O)cc1Cl. The van der Waals surface area contributed by atoms with Crippen LogP contribution in [0.3, 0.4) is 0 Å². The van der Waals surface area contributed by atoms with E-state index in [1.807, 2.05) is 32.0 Å². The van der Waals surface area contributed by atoms with E-state index in [4.69, 9.17) is 21.1 Å². The Hall–Kier alpha value is -2.45. The number of nitrogens with one attached hydrogen (secondary N) is 1. The van der Waals surface area contributed by atoms with Gasteiger partial charge in [0.2, 0.25) is 15.9 Å². The van der Waals surface area contributed by atoms with E-state index in [2.05, 4.69) is 5.32 Å². The average molecular weight is 455 g/mol. The summed E-state index contributed by atoms with van der Waals surface area (Å²) in [6.45, 7) is 5.96. The number of carbonyl (C=O) groups is 1. The van der Waals surface area contributed by atoms with Crippen molar-refractivity contribution in [1.82, 2.24) is 5.32 Å². The summed E-state index contributed by atoms with van der Waals surface area (Å²) in [5.74, 6) is 0.708. The zero-order valence-corrected chi connectivity index (χ0v) is 19.3. The van der Waals surface area contributed by atoms with Gasteiger partial charge in [0.05, 0.1) is 30.6 Å². The number of sulfonamides is 1. The van der Waals surface area contributed by atoms with Crippen molar-refractivity contribution in [2.45, 2.75) is 26.8 Å². The van der Waals surface area contributed by atoms with Crippen molar-refractivity contribution in [1.29, 1.82) is 0 Å². The number of hydrogen-bond donors (Lipinski definition) is 1. The summed E-state index contributed by atoms with van der Waals surface area (Å²) in [5.41, 5.74) is 2.42. The molecule has 1 amide bonds. The van der Waals surface area contributed by atoms with Gasteiger partial charge < -0.3 is 14.8 Å². The fourth-order valence-corrected chi connectivity index (χ4v) is 4.46. The molecule has 2 rings (SSSR count). The summed E-state index contributed by atoms with van der Waals surface area (Å²) in [6, 6.07) is 9.41. The number of anilines is 1. The van der Waals surface area contributed by atoms with Crippen molar-refractivity contribution < 1.29 is 22.7 Å². The minimum absolute atomic E-state index is 0.234. The van der Waals surface area contributed by atoms with Crippen molar-refractivity contribution in [3.8, 4) is 11.5 Å². The Morgan fingerprint density at radius 2 is 1.83 bits per heavy atom. The van der Waals surface area contributed by atoms with E-state index in [1.54, 1.807) is 12.1 Å². The molecule has 2 aromatic rings. The Kier molecular flexibility index (Phi) is 7.97. The molecular weight excluding hydrogens is 428 g/mol. The summed E-state index contributed by atoms with van der Waals surface area (Å²) < 4.78 is 36.6. The highest BCUT2D eigenvalue weighted by atomic mass is 35.5. The highest BCUT2D eigenvalue weighted by molar-refractivity contribution is 7.92.